The van der Waals surface area contributed by atoms with Crippen molar-refractivity contribution < 1.29 is 4.79 Å². The van der Waals surface area contributed by atoms with Crippen LogP contribution in [0.15, 0.2) is 0 Å². The molecular formula is C12H25N3O. The molecule has 0 bridgehead atoms. The van der Waals surface area contributed by atoms with Gasteiger partial charge in [-0.3, -0.25) is 4.79 Å². The highest BCUT2D eigenvalue weighted by atomic mass is 16.1. The monoisotopic (exact) mass is 227 g/mol. The van der Waals surface area contributed by atoms with Gasteiger partial charge in [0.05, 0.1) is 6.54 Å². The molecule has 1 fully saturated rings. The summed E-state index contributed by atoms with van der Waals surface area (Å²) in [6.45, 7) is 7.49. The number of rotatable bonds is 8. The molecule has 1 saturated carbocycles. The molecule has 94 valence electrons. The molecule has 1 aliphatic carbocycles. The number of amides is 1. The van der Waals surface area contributed by atoms with E-state index in [0.717, 1.165) is 25.6 Å². The van der Waals surface area contributed by atoms with Gasteiger partial charge in [-0.05, 0) is 39.7 Å². The van der Waals surface area contributed by atoms with Crippen LogP contribution < -0.4 is 10.6 Å². The zero-order valence-electron chi connectivity index (χ0n) is 10.8. The van der Waals surface area contributed by atoms with Crippen molar-refractivity contribution >= 4 is 5.91 Å². The Morgan fingerprint density at radius 3 is 2.69 bits per heavy atom. The maximum atomic E-state index is 11.4. The first-order valence-corrected chi connectivity index (χ1v) is 6.27. The molecule has 0 aromatic heterocycles. The van der Waals surface area contributed by atoms with Crippen LogP contribution in [0.2, 0.25) is 0 Å². The van der Waals surface area contributed by atoms with E-state index in [1.54, 1.807) is 0 Å². The van der Waals surface area contributed by atoms with Gasteiger partial charge in [0.2, 0.25) is 5.91 Å². The number of carbonyl (C=O) groups is 1. The largest absolute Gasteiger partial charge is 0.355 e. The molecule has 0 spiro atoms. The summed E-state index contributed by atoms with van der Waals surface area (Å²) in [5, 5.41) is 6.10. The van der Waals surface area contributed by atoms with Crippen LogP contribution in [0, 0.1) is 5.92 Å². The fourth-order valence-corrected chi connectivity index (χ4v) is 1.36. The zero-order valence-corrected chi connectivity index (χ0v) is 10.8. The second-order valence-corrected chi connectivity index (χ2v) is 5.00. The average Bonchev–Trinajstić information content (AvgIpc) is 3.04. The molecule has 1 rings (SSSR count). The molecule has 0 unspecified atom stereocenters. The summed E-state index contributed by atoms with van der Waals surface area (Å²) >= 11 is 0. The lowest BCUT2D eigenvalue weighted by Crippen LogP contribution is -2.39. The van der Waals surface area contributed by atoms with Gasteiger partial charge in [0.15, 0.2) is 0 Å². The standard InChI is InChI=1S/C12H25N3O/c1-10(2)15(3)7-6-13-9-12(16)14-8-11-4-5-11/h10-11,13H,4-9H2,1-3H3,(H,14,16). The lowest BCUT2D eigenvalue weighted by molar-refractivity contribution is -0.120. The van der Waals surface area contributed by atoms with Gasteiger partial charge in [-0.1, -0.05) is 0 Å². The molecule has 0 aromatic rings. The lowest BCUT2D eigenvalue weighted by atomic mass is 10.3. The predicted molar refractivity (Wildman–Crippen MR) is 66.4 cm³/mol. The van der Waals surface area contributed by atoms with E-state index in [9.17, 15) is 4.79 Å². The molecule has 0 saturated heterocycles. The third kappa shape index (κ3) is 6.08. The quantitative estimate of drug-likeness (QED) is 0.592. The second kappa shape index (κ2) is 6.86. The van der Waals surface area contributed by atoms with Gasteiger partial charge in [0.1, 0.15) is 0 Å². The molecular weight excluding hydrogens is 202 g/mol. The molecule has 1 aliphatic rings. The van der Waals surface area contributed by atoms with Gasteiger partial charge in [-0.2, -0.15) is 0 Å². The van der Waals surface area contributed by atoms with E-state index in [1.165, 1.54) is 12.8 Å². The van der Waals surface area contributed by atoms with Gasteiger partial charge in [0, 0.05) is 25.7 Å². The van der Waals surface area contributed by atoms with Crippen molar-refractivity contribution in [2.75, 3.05) is 33.2 Å². The number of nitrogens with one attached hydrogen (secondary N) is 2. The first-order chi connectivity index (χ1) is 7.59. The van der Waals surface area contributed by atoms with Crippen LogP contribution in [0.25, 0.3) is 0 Å². The maximum Gasteiger partial charge on any atom is 0.233 e. The highest BCUT2D eigenvalue weighted by molar-refractivity contribution is 5.77. The number of likely N-dealkylation sites (N-methyl/N-ethyl adjacent to an activating group) is 1. The van der Waals surface area contributed by atoms with Gasteiger partial charge >= 0.3 is 0 Å². The van der Waals surface area contributed by atoms with Crippen molar-refractivity contribution in [1.29, 1.82) is 0 Å². The van der Waals surface area contributed by atoms with Gasteiger partial charge < -0.3 is 15.5 Å². The van der Waals surface area contributed by atoms with E-state index in [-0.39, 0.29) is 5.91 Å². The van der Waals surface area contributed by atoms with Crippen LogP contribution in [-0.4, -0.2) is 50.1 Å². The Morgan fingerprint density at radius 1 is 1.44 bits per heavy atom. The fourth-order valence-electron chi connectivity index (χ4n) is 1.36. The molecule has 0 aliphatic heterocycles. The van der Waals surface area contributed by atoms with Gasteiger partial charge in [0.25, 0.3) is 0 Å². The van der Waals surface area contributed by atoms with Crippen molar-refractivity contribution in [2.24, 2.45) is 5.92 Å². The molecule has 16 heavy (non-hydrogen) atoms. The first-order valence-electron chi connectivity index (χ1n) is 6.27. The van der Waals surface area contributed by atoms with E-state index in [1.807, 2.05) is 0 Å². The molecule has 0 radical (unpaired) electrons. The van der Waals surface area contributed by atoms with Gasteiger partial charge in [-0.15, -0.1) is 0 Å². The minimum absolute atomic E-state index is 0.124. The molecule has 2 N–H and O–H groups in total. The minimum atomic E-state index is 0.124. The lowest BCUT2D eigenvalue weighted by Gasteiger charge is -2.20. The van der Waals surface area contributed by atoms with Gasteiger partial charge in [-0.25, -0.2) is 0 Å². The molecule has 4 heteroatoms. The van der Waals surface area contributed by atoms with Crippen molar-refractivity contribution in [2.45, 2.75) is 32.7 Å². The highest BCUT2D eigenvalue weighted by Crippen LogP contribution is 2.27. The topological polar surface area (TPSA) is 44.4 Å². The summed E-state index contributed by atoms with van der Waals surface area (Å²) < 4.78 is 0. The summed E-state index contributed by atoms with van der Waals surface area (Å²) in [5.41, 5.74) is 0. The molecule has 0 atom stereocenters. The molecule has 1 amide bonds. The fraction of sp³-hybridized carbons (Fsp3) is 0.917. The summed E-state index contributed by atoms with van der Waals surface area (Å²) in [6.07, 6.45) is 2.57. The number of carbonyl (C=O) groups excluding carboxylic acids is 1. The summed E-state index contributed by atoms with van der Waals surface area (Å²) in [7, 11) is 2.10. The third-order valence-corrected chi connectivity index (χ3v) is 3.09. The summed E-state index contributed by atoms with van der Waals surface area (Å²) in [5.74, 6) is 0.884. The number of nitrogens with zero attached hydrogens (tertiary/aromatic N) is 1. The van der Waals surface area contributed by atoms with E-state index in [4.69, 9.17) is 0 Å². The maximum absolute atomic E-state index is 11.4. The normalized spacial score (nSPS) is 15.8. The van der Waals surface area contributed by atoms with Crippen LogP contribution in [0.3, 0.4) is 0 Å². The number of hydrogen-bond acceptors (Lipinski definition) is 3. The van der Waals surface area contributed by atoms with Crippen molar-refractivity contribution in [3.8, 4) is 0 Å². The molecule has 0 heterocycles. The van der Waals surface area contributed by atoms with Crippen LogP contribution >= 0.6 is 0 Å². The predicted octanol–water partition coefficient (Wildman–Crippen LogP) is 0.442. The molecule has 4 nitrogen and oxygen atoms in total. The minimum Gasteiger partial charge on any atom is -0.355 e. The highest BCUT2D eigenvalue weighted by Gasteiger charge is 2.21. The Hall–Kier alpha value is -0.610. The van der Waals surface area contributed by atoms with E-state index < -0.39 is 0 Å². The SMILES string of the molecule is CC(C)N(C)CCNCC(=O)NCC1CC1. The third-order valence-electron chi connectivity index (χ3n) is 3.09. The Balaban J connectivity index is 1.91. The Morgan fingerprint density at radius 2 is 2.12 bits per heavy atom. The van der Waals surface area contributed by atoms with Crippen LogP contribution in [0.4, 0.5) is 0 Å². The zero-order chi connectivity index (χ0) is 12.0. The summed E-state index contributed by atoms with van der Waals surface area (Å²) in [6, 6.07) is 0.561. The first kappa shape index (κ1) is 13.5. The Bertz CT molecular complexity index is 214. The van der Waals surface area contributed by atoms with E-state index >= 15 is 0 Å². The van der Waals surface area contributed by atoms with Crippen molar-refractivity contribution in [1.82, 2.24) is 15.5 Å². The Labute approximate surface area is 98.8 Å². The second-order valence-electron chi connectivity index (χ2n) is 5.00. The average molecular weight is 227 g/mol. The number of hydrogen-bond donors (Lipinski definition) is 2. The summed E-state index contributed by atoms with van der Waals surface area (Å²) in [4.78, 5) is 13.6. The Kier molecular flexibility index (Phi) is 5.77. The van der Waals surface area contributed by atoms with Crippen LogP contribution in [0.5, 0.6) is 0 Å². The van der Waals surface area contributed by atoms with Crippen LogP contribution in [-0.2, 0) is 4.79 Å². The molecule has 0 aromatic carbocycles. The van der Waals surface area contributed by atoms with E-state index in [2.05, 4.69) is 36.4 Å². The van der Waals surface area contributed by atoms with Crippen molar-refractivity contribution in [3.63, 3.8) is 0 Å². The van der Waals surface area contributed by atoms with E-state index in [0.29, 0.717) is 12.6 Å². The van der Waals surface area contributed by atoms with Crippen LogP contribution in [0.1, 0.15) is 26.7 Å². The van der Waals surface area contributed by atoms with Crippen molar-refractivity contribution in [3.05, 3.63) is 0 Å². The smallest absolute Gasteiger partial charge is 0.233 e.